The molecule has 1 heterocycles. The Morgan fingerprint density at radius 3 is 2.59 bits per heavy atom. The van der Waals surface area contributed by atoms with Crippen LogP contribution >= 0.6 is 23.4 Å². The number of aryl methyl sites for hydroxylation is 1. The first kappa shape index (κ1) is 12.5. The van der Waals surface area contributed by atoms with Crippen molar-refractivity contribution in [2.24, 2.45) is 0 Å². The Kier molecular flexibility index (Phi) is 3.79. The summed E-state index contributed by atoms with van der Waals surface area (Å²) < 4.78 is 0. The van der Waals surface area contributed by atoms with E-state index in [1.165, 1.54) is 6.07 Å². The monoisotopic (exact) mass is 272 g/mol. The second kappa shape index (κ2) is 5.14. The Morgan fingerprint density at radius 2 is 2.06 bits per heavy atom. The quantitative estimate of drug-likeness (QED) is 0.613. The highest BCUT2D eigenvalue weighted by molar-refractivity contribution is 7.99. The summed E-state index contributed by atoms with van der Waals surface area (Å²) in [5.74, 6) is 2.15. The lowest BCUT2D eigenvalue weighted by molar-refractivity contribution is -0.384. The molecule has 0 aliphatic carbocycles. The molecule has 17 heavy (non-hydrogen) atoms. The van der Waals surface area contributed by atoms with Gasteiger partial charge in [-0.1, -0.05) is 11.6 Å². The summed E-state index contributed by atoms with van der Waals surface area (Å²) in [6, 6.07) is 3.02. The number of thioether (sulfide) groups is 1. The minimum atomic E-state index is -0.408. The number of benzene rings is 1. The number of nitro benzene ring substituents is 1. The van der Waals surface area contributed by atoms with Crippen LogP contribution in [0.5, 0.6) is 0 Å². The van der Waals surface area contributed by atoms with Crippen LogP contribution in [0.1, 0.15) is 5.56 Å². The summed E-state index contributed by atoms with van der Waals surface area (Å²) in [5.41, 5.74) is 1.87. The lowest BCUT2D eigenvalue weighted by atomic mass is 10.1. The zero-order valence-corrected chi connectivity index (χ0v) is 11.1. The molecule has 1 fully saturated rings. The molecule has 0 aromatic heterocycles. The van der Waals surface area contributed by atoms with Crippen LogP contribution in [0.2, 0.25) is 5.02 Å². The molecule has 1 saturated heterocycles. The zero-order chi connectivity index (χ0) is 12.4. The van der Waals surface area contributed by atoms with Gasteiger partial charge in [-0.3, -0.25) is 10.1 Å². The number of halogens is 1. The molecule has 0 atom stereocenters. The Morgan fingerprint density at radius 1 is 1.41 bits per heavy atom. The summed E-state index contributed by atoms with van der Waals surface area (Å²) in [6.45, 7) is 3.77. The van der Waals surface area contributed by atoms with Crippen LogP contribution in [0.25, 0.3) is 0 Å². The van der Waals surface area contributed by atoms with E-state index in [0.717, 1.165) is 35.8 Å². The van der Waals surface area contributed by atoms with Gasteiger partial charge in [-0.05, 0) is 12.5 Å². The second-order valence-electron chi connectivity index (χ2n) is 3.95. The van der Waals surface area contributed by atoms with Gasteiger partial charge in [0.05, 0.1) is 15.6 Å². The average molecular weight is 273 g/mol. The average Bonchev–Trinajstić information content (AvgIpc) is 2.29. The minimum absolute atomic E-state index is 0.0580. The van der Waals surface area contributed by atoms with Crippen LogP contribution in [0.15, 0.2) is 12.1 Å². The van der Waals surface area contributed by atoms with E-state index >= 15 is 0 Å². The van der Waals surface area contributed by atoms with Gasteiger partial charge in [-0.15, -0.1) is 0 Å². The molecule has 92 valence electrons. The lowest BCUT2D eigenvalue weighted by Gasteiger charge is -2.30. The van der Waals surface area contributed by atoms with Gasteiger partial charge in [0.15, 0.2) is 0 Å². The number of hydrogen-bond donors (Lipinski definition) is 0. The van der Waals surface area contributed by atoms with Gasteiger partial charge in [-0.2, -0.15) is 11.8 Å². The summed E-state index contributed by atoms with van der Waals surface area (Å²) in [5, 5.41) is 11.2. The molecule has 0 bridgehead atoms. The van der Waals surface area contributed by atoms with Crippen LogP contribution in [0, 0.1) is 17.0 Å². The van der Waals surface area contributed by atoms with Crippen LogP contribution in [-0.2, 0) is 0 Å². The van der Waals surface area contributed by atoms with Crippen molar-refractivity contribution in [3.63, 3.8) is 0 Å². The highest BCUT2D eigenvalue weighted by Gasteiger charge is 2.19. The molecule has 0 radical (unpaired) electrons. The first-order chi connectivity index (χ1) is 8.09. The van der Waals surface area contributed by atoms with Crippen molar-refractivity contribution < 1.29 is 4.92 Å². The molecule has 0 saturated carbocycles. The van der Waals surface area contributed by atoms with E-state index < -0.39 is 4.92 Å². The standard InChI is InChI=1S/C11H13ClN2O2S/c1-8-6-9(14(15)16)7-10(12)11(8)13-2-4-17-5-3-13/h6-7H,2-5H2,1H3. The molecular weight excluding hydrogens is 260 g/mol. The Balaban J connectivity index is 2.37. The van der Waals surface area contributed by atoms with E-state index in [1.807, 2.05) is 18.7 Å². The smallest absolute Gasteiger partial charge is 0.271 e. The second-order valence-corrected chi connectivity index (χ2v) is 5.58. The number of non-ortho nitro benzene ring substituents is 1. The van der Waals surface area contributed by atoms with E-state index in [4.69, 9.17) is 11.6 Å². The van der Waals surface area contributed by atoms with E-state index in [1.54, 1.807) is 6.07 Å². The van der Waals surface area contributed by atoms with Crippen molar-refractivity contribution in [2.45, 2.75) is 6.92 Å². The lowest BCUT2D eigenvalue weighted by Crippen LogP contribution is -2.33. The molecule has 0 amide bonds. The molecule has 0 N–H and O–H groups in total. The summed E-state index contributed by atoms with van der Waals surface area (Å²) in [7, 11) is 0. The van der Waals surface area contributed by atoms with Crippen molar-refractivity contribution in [3.05, 3.63) is 32.8 Å². The predicted octanol–water partition coefficient (Wildman–Crippen LogP) is 3.11. The SMILES string of the molecule is Cc1cc([N+](=O)[O-])cc(Cl)c1N1CCSCC1. The number of anilines is 1. The summed E-state index contributed by atoms with van der Waals surface area (Å²) >= 11 is 8.08. The van der Waals surface area contributed by atoms with Gasteiger partial charge >= 0.3 is 0 Å². The highest BCUT2D eigenvalue weighted by Crippen LogP contribution is 2.34. The van der Waals surface area contributed by atoms with Crippen molar-refractivity contribution in [1.82, 2.24) is 0 Å². The van der Waals surface area contributed by atoms with Crippen LogP contribution in [-0.4, -0.2) is 29.5 Å². The minimum Gasteiger partial charge on any atom is -0.368 e. The maximum Gasteiger partial charge on any atom is 0.271 e. The molecule has 0 unspecified atom stereocenters. The van der Waals surface area contributed by atoms with Gasteiger partial charge in [-0.25, -0.2) is 0 Å². The van der Waals surface area contributed by atoms with Gasteiger partial charge in [0.25, 0.3) is 5.69 Å². The molecular formula is C11H13ClN2O2S. The number of rotatable bonds is 2. The fraction of sp³-hybridized carbons (Fsp3) is 0.455. The number of nitrogens with zero attached hydrogens (tertiary/aromatic N) is 2. The molecule has 6 heteroatoms. The van der Waals surface area contributed by atoms with Crippen molar-refractivity contribution >= 4 is 34.7 Å². The van der Waals surface area contributed by atoms with Crippen LogP contribution in [0.3, 0.4) is 0 Å². The maximum atomic E-state index is 10.7. The third kappa shape index (κ3) is 2.66. The molecule has 1 aromatic rings. The Labute approximate surface area is 109 Å². The van der Waals surface area contributed by atoms with Crippen LogP contribution < -0.4 is 4.90 Å². The first-order valence-corrected chi connectivity index (χ1v) is 6.90. The third-order valence-corrected chi connectivity index (χ3v) is 4.01. The van der Waals surface area contributed by atoms with Crippen LogP contribution in [0.4, 0.5) is 11.4 Å². The predicted molar refractivity (Wildman–Crippen MR) is 72.4 cm³/mol. The maximum absolute atomic E-state index is 10.7. The molecule has 4 nitrogen and oxygen atoms in total. The fourth-order valence-electron chi connectivity index (χ4n) is 2.01. The largest absolute Gasteiger partial charge is 0.368 e. The highest BCUT2D eigenvalue weighted by atomic mass is 35.5. The Hall–Kier alpha value is -0.940. The van der Waals surface area contributed by atoms with E-state index in [2.05, 4.69) is 4.90 Å². The molecule has 1 aliphatic heterocycles. The number of nitro groups is 1. The third-order valence-electron chi connectivity index (χ3n) is 2.78. The van der Waals surface area contributed by atoms with Crippen molar-refractivity contribution in [2.75, 3.05) is 29.5 Å². The fourth-order valence-corrected chi connectivity index (χ4v) is 3.29. The first-order valence-electron chi connectivity index (χ1n) is 5.37. The van der Waals surface area contributed by atoms with Gasteiger partial charge in [0, 0.05) is 36.7 Å². The summed E-state index contributed by atoms with van der Waals surface area (Å²) in [4.78, 5) is 12.5. The topological polar surface area (TPSA) is 46.4 Å². The van der Waals surface area contributed by atoms with Gasteiger partial charge < -0.3 is 4.90 Å². The molecule has 0 spiro atoms. The zero-order valence-electron chi connectivity index (χ0n) is 9.48. The van der Waals surface area contributed by atoms with Crippen molar-refractivity contribution in [1.29, 1.82) is 0 Å². The van der Waals surface area contributed by atoms with Gasteiger partial charge in [0.2, 0.25) is 0 Å². The van der Waals surface area contributed by atoms with Crippen molar-refractivity contribution in [3.8, 4) is 0 Å². The van der Waals surface area contributed by atoms with E-state index in [-0.39, 0.29) is 5.69 Å². The molecule has 1 aliphatic rings. The number of hydrogen-bond acceptors (Lipinski definition) is 4. The normalized spacial score (nSPS) is 16.0. The molecule has 2 rings (SSSR count). The van der Waals surface area contributed by atoms with Gasteiger partial charge in [0.1, 0.15) is 0 Å². The molecule has 1 aromatic carbocycles. The summed E-state index contributed by atoms with van der Waals surface area (Å²) in [6.07, 6.45) is 0. The Bertz CT molecular complexity index is 424. The van der Waals surface area contributed by atoms with E-state index in [0.29, 0.717) is 5.02 Å². The van der Waals surface area contributed by atoms with E-state index in [9.17, 15) is 10.1 Å².